The molecule has 1 aromatic heterocycles. The Labute approximate surface area is 137 Å². The van der Waals surface area contributed by atoms with Gasteiger partial charge in [0.25, 0.3) is 17.4 Å². The number of alkyl halides is 2. The minimum absolute atomic E-state index is 0.124. The number of rotatable bonds is 1. The Balaban J connectivity index is 2.16. The quantitative estimate of drug-likeness (QED) is 0.862. The van der Waals surface area contributed by atoms with E-state index < -0.39 is 30.9 Å². The lowest BCUT2D eigenvalue weighted by molar-refractivity contribution is -0.0972. The van der Waals surface area contributed by atoms with Gasteiger partial charge in [-0.1, -0.05) is 18.2 Å². The Kier molecular flexibility index (Phi) is 3.91. The van der Waals surface area contributed by atoms with E-state index in [0.29, 0.717) is 10.9 Å². The Morgan fingerprint density at radius 2 is 2.00 bits per heavy atom. The molecule has 7 heteroatoms. The number of pyridine rings is 1. The van der Waals surface area contributed by atoms with Gasteiger partial charge < -0.3 is 14.6 Å². The van der Waals surface area contributed by atoms with E-state index in [-0.39, 0.29) is 23.2 Å². The largest absolute Gasteiger partial charge is 0.391 e. The first-order valence-corrected chi connectivity index (χ1v) is 7.65. The van der Waals surface area contributed by atoms with Crippen molar-refractivity contribution < 1.29 is 18.7 Å². The molecule has 128 valence electrons. The molecule has 0 radical (unpaired) electrons. The van der Waals surface area contributed by atoms with Crippen LogP contribution in [0.1, 0.15) is 22.3 Å². The van der Waals surface area contributed by atoms with Crippen LogP contribution in [-0.2, 0) is 7.05 Å². The van der Waals surface area contributed by atoms with Gasteiger partial charge >= 0.3 is 0 Å². The number of aliphatic hydroxyl groups is 1. The first-order valence-electron chi connectivity index (χ1n) is 7.65. The van der Waals surface area contributed by atoms with Crippen LogP contribution in [0.4, 0.5) is 8.78 Å². The molecule has 1 fully saturated rings. The van der Waals surface area contributed by atoms with Gasteiger partial charge in [0.2, 0.25) is 0 Å². The van der Waals surface area contributed by atoms with E-state index in [4.69, 9.17) is 0 Å². The minimum Gasteiger partial charge on any atom is -0.391 e. The Morgan fingerprint density at radius 3 is 2.67 bits per heavy atom. The zero-order valence-corrected chi connectivity index (χ0v) is 13.4. The maximum absolute atomic E-state index is 13.7. The highest BCUT2D eigenvalue weighted by atomic mass is 19.3. The molecule has 1 aliphatic heterocycles. The zero-order chi connectivity index (χ0) is 17.6. The molecule has 1 N–H and O–H groups in total. The molecule has 0 aliphatic carbocycles. The van der Waals surface area contributed by atoms with Crippen LogP contribution >= 0.6 is 0 Å². The number of carbonyl (C=O) groups excluding carboxylic acids is 1. The highest BCUT2D eigenvalue weighted by Crippen LogP contribution is 2.29. The molecule has 0 saturated carbocycles. The summed E-state index contributed by atoms with van der Waals surface area (Å²) >= 11 is 0. The van der Waals surface area contributed by atoms with Gasteiger partial charge in [-0.25, -0.2) is 8.78 Å². The van der Waals surface area contributed by atoms with Gasteiger partial charge in [-0.05, 0) is 13.0 Å². The molecule has 1 saturated heterocycles. The Bertz CT molecular complexity index is 876. The van der Waals surface area contributed by atoms with Crippen molar-refractivity contribution in [1.82, 2.24) is 9.47 Å². The summed E-state index contributed by atoms with van der Waals surface area (Å²) in [6, 6.07) is 6.85. The third-order valence-corrected chi connectivity index (χ3v) is 4.42. The van der Waals surface area contributed by atoms with Crippen molar-refractivity contribution in [1.29, 1.82) is 0 Å². The van der Waals surface area contributed by atoms with E-state index >= 15 is 0 Å². The average molecular weight is 336 g/mol. The monoisotopic (exact) mass is 336 g/mol. The van der Waals surface area contributed by atoms with Crippen molar-refractivity contribution in [3.8, 4) is 0 Å². The van der Waals surface area contributed by atoms with Gasteiger partial charge in [0.15, 0.2) is 0 Å². The third-order valence-electron chi connectivity index (χ3n) is 4.42. The molecule has 2 heterocycles. The number of amides is 1. The molecule has 24 heavy (non-hydrogen) atoms. The summed E-state index contributed by atoms with van der Waals surface area (Å²) in [6.45, 7) is 0.587. The van der Waals surface area contributed by atoms with E-state index in [2.05, 4.69) is 0 Å². The molecule has 1 aromatic carbocycles. The van der Waals surface area contributed by atoms with Crippen LogP contribution in [0.15, 0.2) is 29.1 Å². The SMILES string of the molecule is Cc1c(C(=O)N2CC(O)CC(F)(F)C2)c2ccccc2n(C)c1=O. The van der Waals surface area contributed by atoms with E-state index in [1.165, 1.54) is 11.5 Å². The molecule has 5 nitrogen and oxygen atoms in total. The van der Waals surface area contributed by atoms with E-state index in [1.807, 2.05) is 0 Å². The zero-order valence-electron chi connectivity index (χ0n) is 13.4. The molecule has 0 bridgehead atoms. The highest BCUT2D eigenvalue weighted by Gasteiger charge is 2.42. The number of para-hydroxylation sites is 1. The van der Waals surface area contributed by atoms with Gasteiger partial charge in [-0.2, -0.15) is 0 Å². The first-order chi connectivity index (χ1) is 11.2. The summed E-state index contributed by atoms with van der Waals surface area (Å²) in [5, 5.41) is 10.2. The smallest absolute Gasteiger partial charge is 0.267 e. The predicted molar refractivity (Wildman–Crippen MR) is 85.4 cm³/mol. The summed E-state index contributed by atoms with van der Waals surface area (Å²) < 4.78 is 28.9. The van der Waals surface area contributed by atoms with E-state index in [9.17, 15) is 23.5 Å². The van der Waals surface area contributed by atoms with Crippen LogP contribution in [0.5, 0.6) is 0 Å². The topological polar surface area (TPSA) is 62.5 Å². The van der Waals surface area contributed by atoms with Gasteiger partial charge in [0, 0.05) is 31.0 Å². The number of hydrogen-bond donors (Lipinski definition) is 1. The normalized spacial score (nSPS) is 20.4. The molecule has 2 aromatic rings. The Hall–Kier alpha value is -2.28. The van der Waals surface area contributed by atoms with Crippen LogP contribution in [0, 0.1) is 6.92 Å². The second-order valence-electron chi connectivity index (χ2n) is 6.28. The number of aliphatic hydroxyl groups excluding tert-OH is 1. The standard InChI is InChI=1S/C17H18F2N2O3/c1-10-14(12-5-3-4-6-13(12)20(2)15(10)23)16(24)21-8-11(22)7-17(18,19)9-21/h3-6,11,22H,7-9H2,1-2H3. The fraction of sp³-hybridized carbons (Fsp3) is 0.412. The number of hydrogen-bond acceptors (Lipinski definition) is 3. The van der Waals surface area contributed by atoms with Gasteiger partial charge in [0.1, 0.15) is 0 Å². The van der Waals surface area contributed by atoms with Crippen LogP contribution in [0.3, 0.4) is 0 Å². The number of halogens is 2. The van der Waals surface area contributed by atoms with E-state index in [0.717, 1.165) is 4.90 Å². The predicted octanol–water partition coefficient (Wildman–Crippen LogP) is 1.69. The molecule has 1 aliphatic rings. The molecule has 3 rings (SSSR count). The second-order valence-corrected chi connectivity index (χ2v) is 6.28. The van der Waals surface area contributed by atoms with Crippen molar-refractivity contribution in [2.45, 2.75) is 25.4 Å². The average Bonchev–Trinajstić information content (AvgIpc) is 2.51. The van der Waals surface area contributed by atoms with Gasteiger partial charge in [-0.3, -0.25) is 9.59 Å². The lowest BCUT2D eigenvalue weighted by Crippen LogP contribution is -2.52. The number of fused-ring (bicyclic) bond motifs is 1. The lowest BCUT2D eigenvalue weighted by atomic mass is 9.99. The third kappa shape index (κ3) is 2.69. The summed E-state index contributed by atoms with van der Waals surface area (Å²) in [6.07, 6.45) is -1.94. The van der Waals surface area contributed by atoms with Crippen LogP contribution < -0.4 is 5.56 Å². The minimum atomic E-state index is -3.14. The molecule has 1 unspecified atom stereocenters. The van der Waals surface area contributed by atoms with Crippen molar-refractivity contribution in [3.05, 3.63) is 45.7 Å². The summed E-state index contributed by atoms with van der Waals surface area (Å²) in [5.41, 5.74) is 0.547. The van der Waals surface area contributed by atoms with Crippen LogP contribution in [-0.4, -0.2) is 45.6 Å². The number of carbonyl (C=O) groups is 1. The molecular weight excluding hydrogens is 318 g/mol. The maximum Gasteiger partial charge on any atom is 0.267 e. The molecular formula is C17H18F2N2O3. The number of piperidine rings is 1. The fourth-order valence-corrected chi connectivity index (χ4v) is 3.31. The van der Waals surface area contributed by atoms with Crippen molar-refractivity contribution in [3.63, 3.8) is 0 Å². The summed E-state index contributed by atoms with van der Waals surface area (Å²) in [5.74, 6) is -3.80. The van der Waals surface area contributed by atoms with Gasteiger partial charge in [0.05, 0.1) is 23.7 Å². The first kappa shape index (κ1) is 16.6. The number of aryl methyl sites for hydroxylation is 1. The maximum atomic E-state index is 13.7. The highest BCUT2D eigenvalue weighted by molar-refractivity contribution is 6.07. The van der Waals surface area contributed by atoms with Crippen LogP contribution in [0.25, 0.3) is 10.9 Å². The number of aromatic nitrogens is 1. The van der Waals surface area contributed by atoms with E-state index in [1.54, 1.807) is 31.3 Å². The number of benzene rings is 1. The summed E-state index contributed by atoms with van der Waals surface area (Å²) in [4.78, 5) is 26.2. The lowest BCUT2D eigenvalue weighted by Gasteiger charge is -2.35. The molecule has 1 amide bonds. The Morgan fingerprint density at radius 1 is 1.33 bits per heavy atom. The number of nitrogens with zero attached hydrogens (tertiary/aromatic N) is 2. The number of β-amino-alcohol motifs (C(OH)–C–C–N with tert-alkyl or cyclic N) is 1. The number of likely N-dealkylation sites (tertiary alicyclic amines) is 1. The van der Waals surface area contributed by atoms with Crippen molar-refractivity contribution >= 4 is 16.8 Å². The molecule has 1 atom stereocenters. The van der Waals surface area contributed by atoms with Gasteiger partial charge in [-0.15, -0.1) is 0 Å². The van der Waals surface area contributed by atoms with Crippen molar-refractivity contribution in [2.75, 3.05) is 13.1 Å². The second kappa shape index (κ2) is 5.66. The molecule has 0 spiro atoms. The fourth-order valence-electron chi connectivity index (χ4n) is 3.31. The van der Waals surface area contributed by atoms with Crippen molar-refractivity contribution in [2.24, 2.45) is 7.05 Å². The van der Waals surface area contributed by atoms with Crippen LogP contribution in [0.2, 0.25) is 0 Å². The summed E-state index contributed by atoms with van der Waals surface area (Å²) in [7, 11) is 1.60.